The van der Waals surface area contributed by atoms with Crippen molar-refractivity contribution in [3.8, 4) is 5.75 Å². The molecule has 2 rings (SSSR count). The van der Waals surface area contributed by atoms with Crippen molar-refractivity contribution in [3.05, 3.63) is 46.4 Å². The van der Waals surface area contributed by atoms with Crippen LogP contribution in [0, 0.1) is 0 Å². The number of rotatable bonds is 6. The Balaban J connectivity index is 1.83. The van der Waals surface area contributed by atoms with E-state index < -0.39 is 0 Å². The van der Waals surface area contributed by atoms with Crippen molar-refractivity contribution in [1.82, 2.24) is 10.3 Å². The topological polar surface area (TPSA) is 34.2 Å². The highest BCUT2D eigenvalue weighted by atomic mass is 32.1. The number of benzene rings is 1. The van der Waals surface area contributed by atoms with E-state index in [4.69, 9.17) is 4.74 Å². The summed E-state index contributed by atoms with van der Waals surface area (Å²) in [7, 11) is 0. The molecule has 0 aliphatic rings. The van der Waals surface area contributed by atoms with E-state index >= 15 is 0 Å². The van der Waals surface area contributed by atoms with Crippen molar-refractivity contribution in [3.63, 3.8) is 0 Å². The standard InChI is InChI=1S/C14H18N2OS/c1-11(2)15-8-14-16-12(10-18-14)9-17-13-6-4-3-5-7-13/h3-7,10-11,15H,8-9H2,1-2H3. The lowest BCUT2D eigenvalue weighted by molar-refractivity contribution is 0.302. The molecule has 2 aromatic rings. The Morgan fingerprint density at radius 2 is 2.06 bits per heavy atom. The maximum Gasteiger partial charge on any atom is 0.131 e. The number of para-hydroxylation sites is 1. The smallest absolute Gasteiger partial charge is 0.131 e. The molecule has 0 spiro atoms. The number of nitrogens with one attached hydrogen (secondary N) is 1. The molecule has 0 saturated carbocycles. The summed E-state index contributed by atoms with van der Waals surface area (Å²) in [6.45, 7) is 5.62. The monoisotopic (exact) mass is 262 g/mol. The number of hydrogen-bond donors (Lipinski definition) is 1. The Morgan fingerprint density at radius 1 is 1.28 bits per heavy atom. The molecule has 0 saturated heterocycles. The van der Waals surface area contributed by atoms with Crippen LogP contribution < -0.4 is 10.1 Å². The average molecular weight is 262 g/mol. The van der Waals surface area contributed by atoms with Crippen LogP contribution in [0.5, 0.6) is 5.75 Å². The van der Waals surface area contributed by atoms with Gasteiger partial charge in [0.05, 0.1) is 5.69 Å². The predicted octanol–water partition coefficient (Wildman–Crippen LogP) is 3.22. The highest BCUT2D eigenvalue weighted by Crippen LogP contribution is 2.14. The van der Waals surface area contributed by atoms with Crippen molar-refractivity contribution in [1.29, 1.82) is 0 Å². The SMILES string of the molecule is CC(C)NCc1nc(COc2ccccc2)cs1. The Hall–Kier alpha value is -1.39. The maximum absolute atomic E-state index is 5.65. The van der Waals surface area contributed by atoms with Gasteiger partial charge >= 0.3 is 0 Å². The fraction of sp³-hybridized carbons (Fsp3) is 0.357. The van der Waals surface area contributed by atoms with Crippen LogP contribution in [0.2, 0.25) is 0 Å². The molecule has 1 heterocycles. The molecule has 0 radical (unpaired) electrons. The number of thiazole rings is 1. The van der Waals surface area contributed by atoms with Crippen LogP contribution in [0.1, 0.15) is 24.5 Å². The molecule has 0 aliphatic heterocycles. The van der Waals surface area contributed by atoms with Crippen molar-refractivity contribution >= 4 is 11.3 Å². The van der Waals surface area contributed by atoms with Crippen LogP contribution in [-0.2, 0) is 13.2 Å². The van der Waals surface area contributed by atoms with Gasteiger partial charge in [-0.05, 0) is 12.1 Å². The molecule has 0 bridgehead atoms. The van der Waals surface area contributed by atoms with Gasteiger partial charge in [-0.1, -0.05) is 32.0 Å². The minimum Gasteiger partial charge on any atom is -0.487 e. The van der Waals surface area contributed by atoms with Crippen LogP contribution >= 0.6 is 11.3 Å². The third-order valence-electron chi connectivity index (χ3n) is 2.39. The molecule has 0 aliphatic carbocycles. The lowest BCUT2D eigenvalue weighted by Crippen LogP contribution is -2.21. The van der Waals surface area contributed by atoms with Gasteiger partial charge in [0.15, 0.2) is 0 Å². The summed E-state index contributed by atoms with van der Waals surface area (Å²) in [6.07, 6.45) is 0. The molecule has 1 aromatic heterocycles. The number of nitrogens with zero attached hydrogens (tertiary/aromatic N) is 1. The number of ether oxygens (including phenoxy) is 1. The quantitative estimate of drug-likeness (QED) is 0.868. The highest BCUT2D eigenvalue weighted by molar-refractivity contribution is 7.09. The van der Waals surface area contributed by atoms with Crippen LogP contribution in [0.4, 0.5) is 0 Å². The zero-order valence-corrected chi connectivity index (χ0v) is 11.5. The van der Waals surface area contributed by atoms with Gasteiger partial charge in [-0.15, -0.1) is 11.3 Å². The van der Waals surface area contributed by atoms with E-state index in [1.54, 1.807) is 11.3 Å². The molecular formula is C14H18N2OS. The van der Waals surface area contributed by atoms with Gasteiger partial charge in [-0.2, -0.15) is 0 Å². The fourth-order valence-electron chi connectivity index (χ4n) is 1.46. The first-order valence-electron chi connectivity index (χ1n) is 6.08. The summed E-state index contributed by atoms with van der Waals surface area (Å²) in [5, 5.41) is 6.52. The minimum atomic E-state index is 0.484. The molecule has 0 amide bonds. The molecule has 0 atom stereocenters. The van der Waals surface area contributed by atoms with Crippen LogP contribution in [0.25, 0.3) is 0 Å². The average Bonchev–Trinajstić information content (AvgIpc) is 2.83. The van der Waals surface area contributed by atoms with E-state index in [9.17, 15) is 0 Å². The van der Waals surface area contributed by atoms with E-state index in [0.717, 1.165) is 23.0 Å². The molecule has 1 N–H and O–H groups in total. The second kappa shape index (κ2) is 6.52. The number of hydrogen-bond acceptors (Lipinski definition) is 4. The summed E-state index contributed by atoms with van der Waals surface area (Å²) in [5.74, 6) is 0.882. The molecule has 0 unspecified atom stereocenters. The molecular weight excluding hydrogens is 244 g/mol. The third-order valence-corrected chi connectivity index (χ3v) is 3.29. The van der Waals surface area contributed by atoms with Crippen molar-refractivity contribution in [2.45, 2.75) is 33.0 Å². The number of aromatic nitrogens is 1. The lowest BCUT2D eigenvalue weighted by Gasteiger charge is -2.05. The van der Waals surface area contributed by atoms with Crippen molar-refractivity contribution < 1.29 is 4.74 Å². The normalized spacial score (nSPS) is 10.8. The Labute approximate surface area is 112 Å². The van der Waals surface area contributed by atoms with Gasteiger partial charge in [0.2, 0.25) is 0 Å². The van der Waals surface area contributed by atoms with Crippen molar-refractivity contribution in [2.24, 2.45) is 0 Å². The molecule has 96 valence electrons. The molecule has 3 nitrogen and oxygen atoms in total. The zero-order chi connectivity index (χ0) is 12.8. The first-order valence-corrected chi connectivity index (χ1v) is 6.96. The summed E-state index contributed by atoms with van der Waals surface area (Å²) < 4.78 is 5.65. The summed E-state index contributed by atoms with van der Waals surface area (Å²) in [4.78, 5) is 4.53. The van der Waals surface area contributed by atoms with E-state index in [0.29, 0.717) is 12.6 Å². The first kappa shape index (κ1) is 13.1. The van der Waals surface area contributed by atoms with Gasteiger partial charge in [0.25, 0.3) is 0 Å². The van der Waals surface area contributed by atoms with Crippen LogP contribution in [0.3, 0.4) is 0 Å². The van der Waals surface area contributed by atoms with Gasteiger partial charge in [0, 0.05) is 18.0 Å². The molecule has 18 heavy (non-hydrogen) atoms. The van der Waals surface area contributed by atoms with Crippen LogP contribution in [0.15, 0.2) is 35.7 Å². The van der Waals surface area contributed by atoms with Gasteiger partial charge in [-0.25, -0.2) is 4.98 Å². The molecule has 1 aromatic carbocycles. The van der Waals surface area contributed by atoms with Gasteiger partial charge < -0.3 is 10.1 Å². The third kappa shape index (κ3) is 4.13. The van der Waals surface area contributed by atoms with Gasteiger partial charge in [-0.3, -0.25) is 0 Å². The largest absolute Gasteiger partial charge is 0.487 e. The predicted molar refractivity (Wildman–Crippen MR) is 74.9 cm³/mol. The summed E-state index contributed by atoms with van der Waals surface area (Å²) >= 11 is 1.67. The van der Waals surface area contributed by atoms with E-state index in [1.807, 2.05) is 30.3 Å². The maximum atomic E-state index is 5.65. The van der Waals surface area contributed by atoms with E-state index in [2.05, 4.69) is 29.5 Å². The lowest BCUT2D eigenvalue weighted by atomic mass is 10.3. The Bertz CT molecular complexity index is 468. The minimum absolute atomic E-state index is 0.484. The second-order valence-electron chi connectivity index (χ2n) is 4.37. The first-order chi connectivity index (χ1) is 8.74. The second-order valence-corrected chi connectivity index (χ2v) is 5.31. The highest BCUT2D eigenvalue weighted by Gasteiger charge is 2.03. The van der Waals surface area contributed by atoms with Gasteiger partial charge in [0.1, 0.15) is 17.4 Å². The zero-order valence-electron chi connectivity index (χ0n) is 10.7. The molecule has 0 fully saturated rings. The Morgan fingerprint density at radius 3 is 2.78 bits per heavy atom. The molecule has 4 heteroatoms. The van der Waals surface area contributed by atoms with Crippen molar-refractivity contribution in [2.75, 3.05) is 0 Å². The van der Waals surface area contributed by atoms with E-state index in [-0.39, 0.29) is 0 Å². The summed E-state index contributed by atoms with van der Waals surface area (Å²) in [5.41, 5.74) is 0.990. The van der Waals surface area contributed by atoms with Crippen LogP contribution in [-0.4, -0.2) is 11.0 Å². The van der Waals surface area contributed by atoms with E-state index in [1.165, 1.54) is 0 Å². The Kier molecular flexibility index (Phi) is 4.73. The fourth-order valence-corrected chi connectivity index (χ4v) is 2.19. The summed E-state index contributed by atoms with van der Waals surface area (Å²) in [6, 6.07) is 10.3.